The van der Waals surface area contributed by atoms with Crippen molar-refractivity contribution in [1.29, 1.82) is 0 Å². The van der Waals surface area contributed by atoms with E-state index in [1.807, 2.05) is 0 Å². The number of amides is 1. The van der Waals surface area contributed by atoms with E-state index in [1.165, 1.54) is 12.1 Å². The van der Waals surface area contributed by atoms with Crippen molar-refractivity contribution in [2.75, 3.05) is 13.1 Å². The fourth-order valence-electron chi connectivity index (χ4n) is 1.05. The molecule has 3 nitrogen and oxygen atoms in total. The molecule has 8 heteroatoms. The van der Waals surface area contributed by atoms with Crippen LogP contribution in [0.2, 0.25) is 5.02 Å². The van der Waals surface area contributed by atoms with Gasteiger partial charge in [-0.2, -0.15) is 0 Å². The highest BCUT2D eigenvalue weighted by Gasteiger charge is 2.27. The maximum atomic E-state index is 12.8. The minimum Gasteiger partial charge on any atom is -0.346 e. The molecule has 18 heavy (non-hydrogen) atoms. The predicted octanol–water partition coefficient (Wildman–Crippen LogP) is 2.85. The Bertz CT molecular complexity index is 432. The highest BCUT2D eigenvalue weighted by Crippen LogP contribution is 2.21. The van der Waals surface area contributed by atoms with E-state index in [0.717, 1.165) is 0 Å². The second kappa shape index (κ2) is 7.23. The lowest BCUT2D eigenvalue weighted by Gasteiger charge is -2.14. The fourth-order valence-corrected chi connectivity index (χ4v) is 1.61. The second-order valence-corrected chi connectivity index (χ2v) is 4.69. The average Bonchev–Trinajstić information content (AvgIpc) is 2.29. The quantitative estimate of drug-likeness (QED) is 0.864. The average molecular weight is 364 g/mol. The van der Waals surface area contributed by atoms with E-state index in [9.17, 15) is 13.6 Å². The van der Waals surface area contributed by atoms with Gasteiger partial charge in [0.2, 0.25) is 0 Å². The summed E-state index contributed by atoms with van der Waals surface area (Å²) in [5.41, 5.74) is 4.98. The normalized spacial score (nSPS) is 10.7. The smallest absolute Gasteiger partial charge is 0.277 e. The number of hydrogen-bond donors (Lipinski definition) is 2. The van der Waals surface area contributed by atoms with E-state index in [0.29, 0.717) is 4.47 Å². The lowest BCUT2D eigenvalue weighted by molar-refractivity contribution is 0.0118. The summed E-state index contributed by atoms with van der Waals surface area (Å²) in [6.07, 6.45) is 0. The van der Waals surface area contributed by atoms with Crippen LogP contribution in [-0.2, 0) is 0 Å². The number of carbonyl (C=O) groups is 1. The molecule has 0 fully saturated rings. The molecule has 0 aromatic heterocycles. The van der Waals surface area contributed by atoms with Gasteiger partial charge >= 0.3 is 0 Å². The first-order valence-electron chi connectivity index (χ1n) is 4.67. The molecule has 0 bridgehead atoms. The highest BCUT2D eigenvalue weighted by atomic mass is 79.9. The molecule has 0 radical (unpaired) electrons. The van der Waals surface area contributed by atoms with E-state index in [1.54, 1.807) is 6.07 Å². The number of benzene rings is 1. The third-order valence-corrected chi connectivity index (χ3v) is 2.80. The predicted molar refractivity (Wildman–Crippen MR) is 72.7 cm³/mol. The summed E-state index contributed by atoms with van der Waals surface area (Å²) >= 11 is 8.94. The van der Waals surface area contributed by atoms with Crippen LogP contribution in [0.25, 0.3) is 0 Å². The molecule has 0 saturated carbocycles. The van der Waals surface area contributed by atoms with Gasteiger partial charge in [0.1, 0.15) is 0 Å². The van der Waals surface area contributed by atoms with Gasteiger partial charge in [-0.1, -0.05) is 27.5 Å². The first kappa shape index (κ1) is 17.6. The summed E-state index contributed by atoms with van der Waals surface area (Å²) in [6.45, 7) is -1.63. The molecule has 1 rings (SSSR count). The van der Waals surface area contributed by atoms with E-state index < -0.39 is 24.9 Å². The number of alkyl halides is 2. The molecule has 1 aromatic rings. The number of rotatable bonds is 4. The Labute approximate surface area is 123 Å². The van der Waals surface area contributed by atoms with Gasteiger partial charge in [-0.05, 0) is 18.2 Å². The summed E-state index contributed by atoms with van der Waals surface area (Å²) in [7, 11) is 0. The molecule has 1 aromatic carbocycles. The lowest BCUT2D eigenvalue weighted by Crippen LogP contribution is -2.41. The van der Waals surface area contributed by atoms with Crippen LogP contribution in [0, 0.1) is 0 Å². The molecule has 0 heterocycles. The van der Waals surface area contributed by atoms with Crippen LogP contribution in [0.4, 0.5) is 8.78 Å². The topological polar surface area (TPSA) is 55.1 Å². The summed E-state index contributed by atoms with van der Waals surface area (Å²) in [4.78, 5) is 11.6. The molecule has 0 aliphatic carbocycles. The third-order valence-electron chi connectivity index (χ3n) is 1.98. The van der Waals surface area contributed by atoms with Crippen molar-refractivity contribution >= 4 is 45.8 Å². The Balaban J connectivity index is 0.00000289. The fraction of sp³-hybridized carbons (Fsp3) is 0.300. The number of hydrogen-bond acceptors (Lipinski definition) is 2. The third kappa shape index (κ3) is 5.06. The maximum Gasteiger partial charge on any atom is 0.277 e. The van der Waals surface area contributed by atoms with E-state index in [-0.39, 0.29) is 23.0 Å². The molecule has 0 unspecified atom stereocenters. The van der Waals surface area contributed by atoms with E-state index in [4.69, 9.17) is 17.3 Å². The first-order valence-corrected chi connectivity index (χ1v) is 5.84. The molecular weight excluding hydrogens is 353 g/mol. The zero-order valence-electron chi connectivity index (χ0n) is 9.05. The van der Waals surface area contributed by atoms with Gasteiger partial charge in [-0.25, -0.2) is 8.78 Å². The summed E-state index contributed by atoms with van der Waals surface area (Å²) in [6, 6.07) is 4.60. The van der Waals surface area contributed by atoms with Gasteiger partial charge < -0.3 is 11.1 Å². The van der Waals surface area contributed by atoms with Crippen molar-refractivity contribution < 1.29 is 13.6 Å². The van der Waals surface area contributed by atoms with Crippen LogP contribution in [0.15, 0.2) is 22.7 Å². The van der Waals surface area contributed by atoms with Crippen LogP contribution in [0.3, 0.4) is 0 Å². The summed E-state index contributed by atoms with van der Waals surface area (Å²) in [5.74, 6) is -3.78. The van der Waals surface area contributed by atoms with Crippen molar-refractivity contribution in [2.45, 2.75) is 5.92 Å². The monoisotopic (exact) mass is 362 g/mol. The van der Waals surface area contributed by atoms with Gasteiger partial charge in [0.25, 0.3) is 11.8 Å². The SMILES string of the molecule is Cl.NCC(F)(F)CNC(=O)c1cc(Br)ccc1Cl. The van der Waals surface area contributed by atoms with E-state index in [2.05, 4.69) is 21.2 Å². The first-order chi connectivity index (χ1) is 7.85. The molecule has 1 amide bonds. The molecule has 0 aliphatic heterocycles. The van der Waals surface area contributed by atoms with Crippen molar-refractivity contribution in [3.05, 3.63) is 33.3 Å². The molecule has 3 N–H and O–H groups in total. The molecule has 0 saturated heterocycles. The lowest BCUT2D eigenvalue weighted by atomic mass is 10.2. The Kier molecular flexibility index (Phi) is 7.06. The van der Waals surface area contributed by atoms with Gasteiger partial charge in [0.15, 0.2) is 0 Å². The maximum absolute atomic E-state index is 12.8. The Hall–Kier alpha value is -0.430. The number of nitrogens with two attached hydrogens (primary N) is 1. The molecule has 0 atom stereocenters. The standard InChI is InChI=1S/C10H10BrClF2N2O.ClH/c11-6-1-2-8(12)7(3-6)9(17)16-5-10(13,14)4-15;/h1-3H,4-5,15H2,(H,16,17);1H. The highest BCUT2D eigenvalue weighted by molar-refractivity contribution is 9.10. The van der Waals surface area contributed by atoms with E-state index >= 15 is 0 Å². The second-order valence-electron chi connectivity index (χ2n) is 3.37. The summed E-state index contributed by atoms with van der Waals surface area (Å²) < 4.78 is 26.3. The number of carbonyl (C=O) groups excluding carboxylic acids is 1. The minimum absolute atomic E-state index is 0. The molecule has 0 spiro atoms. The van der Waals surface area contributed by atoms with Crippen LogP contribution < -0.4 is 11.1 Å². The Morgan fingerprint density at radius 2 is 2.11 bits per heavy atom. The molecule has 102 valence electrons. The van der Waals surface area contributed by atoms with Crippen molar-refractivity contribution in [2.24, 2.45) is 5.73 Å². The zero-order chi connectivity index (χ0) is 13.1. The van der Waals surface area contributed by atoms with Crippen molar-refractivity contribution in [1.82, 2.24) is 5.32 Å². The minimum atomic E-state index is -3.12. The van der Waals surface area contributed by atoms with Crippen LogP contribution >= 0.6 is 39.9 Å². The zero-order valence-corrected chi connectivity index (χ0v) is 12.2. The van der Waals surface area contributed by atoms with Gasteiger partial charge in [0.05, 0.1) is 23.7 Å². The van der Waals surface area contributed by atoms with Gasteiger partial charge in [-0.3, -0.25) is 4.79 Å². The van der Waals surface area contributed by atoms with Crippen LogP contribution in [0.5, 0.6) is 0 Å². The van der Waals surface area contributed by atoms with Gasteiger partial charge in [-0.15, -0.1) is 12.4 Å². The van der Waals surface area contributed by atoms with Crippen LogP contribution in [-0.4, -0.2) is 24.9 Å². The van der Waals surface area contributed by atoms with Crippen molar-refractivity contribution in [3.63, 3.8) is 0 Å². The largest absolute Gasteiger partial charge is 0.346 e. The van der Waals surface area contributed by atoms with Gasteiger partial charge in [0, 0.05) is 4.47 Å². The molecular formula is C10H11BrCl2F2N2O. The van der Waals surface area contributed by atoms with Crippen LogP contribution in [0.1, 0.15) is 10.4 Å². The molecule has 0 aliphatic rings. The van der Waals surface area contributed by atoms with Crippen molar-refractivity contribution in [3.8, 4) is 0 Å². The Morgan fingerprint density at radius 1 is 1.50 bits per heavy atom. The Morgan fingerprint density at radius 3 is 2.67 bits per heavy atom. The number of halogens is 5. The summed E-state index contributed by atoms with van der Waals surface area (Å²) in [5, 5.41) is 2.28. The number of nitrogens with one attached hydrogen (secondary N) is 1.